The molecule has 1 amide bonds. The number of carbonyl (C=O) groups is 1. The van der Waals surface area contributed by atoms with E-state index in [1.54, 1.807) is 6.92 Å². The number of nitrogens with one attached hydrogen (secondary N) is 2. The third-order valence-electron chi connectivity index (χ3n) is 3.44. The minimum Gasteiger partial charge on any atom is -0.495 e. The number of ether oxygens (including phenoxy) is 2. The van der Waals surface area contributed by atoms with Crippen LogP contribution < -0.4 is 14.8 Å². The molecule has 7 nitrogen and oxygen atoms in total. The molecular formula is C17H17F3N2O5S. The lowest BCUT2D eigenvalue weighted by Gasteiger charge is -2.14. The SMILES string of the molecule is CCOC(=O)Nc1cc(S(=O)(=O)Nc2cccc(C(F)(F)F)c2)ccc1OC. The van der Waals surface area contributed by atoms with Gasteiger partial charge in [0.1, 0.15) is 5.75 Å². The summed E-state index contributed by atoms with van der Waals surface area (Å²) >= 11 is 0. The molecule has 0 heterocycles. The van der Waals surface area contributed by atoms with E-state index in [4.69, 9.17) is 9.47 Å². The molecule has 0 aliphatic carbocycles. The molecule has 0 aromatic heterocycles. The van der Waals surface area contributed by atoms with Gasteiger partial charge in [0.05, 0.1) is 29.9 Å². The van der Waals surface area contributed by atoms with Crippen LogP contribution in [-0.4, -0.2) is 28.2 Å². The summed E-state index contributed by atoms with van der Waals surface area (Å²) in [6.07, 6.45) is -5.43. The van der Waals surface area contributed by atoms with Gasteiger partial charge < -0.3 is 9.47 Å². The first kappa shape index (κ1) is 21.4. The monoisotopic (exact) mass is 418 g/mol. The van der Waals surface area contributed by atoms with Gasteiger partial charge in [0.25, 0.3) is 10.0 Å². The van der Waals surface area contributed by atoms with E-state index in [1.165, 1.54) is 25.3 Å². The van der Waals surface area contributed by atoms with Crippen LogP contribution in [0.4, 0.5) is 29.3 Å². The maximum absolute atomic E-state index is 12.8. The largest absolute Gasteiger partial charge is 0.495 e. The molecule has 0 bridgehead atoms. The number of carbonyl (C=O) groups excluding carboxylic acids is 1. The summed E-state index contributed by atoms with van der Waals surface area (Å²) in [5.74, 6) is 0.172. The van der Waals surface area contributed by atoms with Crippen molar-refractivity contribution in [2.24, 2.45) is 0 Å². The third kappa shape index (κ3) is 5.28. The van der Waals surface area contributed by atoms with Crippen molar-refractivity contribution < 1.29 is 35.9 Å². The van der Waals surface area contributed by atoms with E-state index >= 15 is 0 Å². The van der Waals surface area contributed by atoms with Gasteiger partial charge in [-0.15, -0.1) is 0 Å². The Bertz CT molecular complexity index is 962. The zero-order chi connectivity index (χ0) is 20.9. The smallest absolute Gasteiger partial charge is 0.416 e. The van der Waals surface area contributed by atoms with Crippen LogP contribution in [0.25, 0.3) is 0 Å². The van der Waals surface area contributed by atoms with Crippen molar-refractivity contribution in [3.05, 3.63) is 48.0 Å². The number of benzene rings is 2. The van der Waals surface area contributed by atoms with Gasteiger partial charge in [0, 0.05) is 5.69 Å². The van der Waals surface area contributed by atoms with Crippen molar-refractivity contribution in [2.75, 3.05) is 23.8 Å². The maximum Gasteiger partial charge on any atom is 0.416 e. The van der Waals surface area contributed by atoms with Crippen LogP contribution in [0.3, 0.4) is 0 Å². The Morgan fingerprint density at radius 3 is 2.46 bits per heavy atom. The highest BCUT2D eigenvalue weighted by Crippen LogP contribution is 2.32. The first-order valence-electron chi connectivity index (χ1n) is 7.88. The van der Waals surface area contributed by atoms with Crippen molar-refractivity contribution in [1.29, 1.82) is 0 Å². The van der Waals surface area contributed by atoms with E-state index in [1.807, 2.05) is 0 Å². The number of hydrogen-bond acceptors (Lipinski definition) is 5. The van der Waals surface area contributed by atoms with Gasteiger partial charge in [0.15, 0.2) is 0 Å². The van der Waals surface area contributed by atoms with Crippen molar-refractivity contribution in [1.82, 2.24) is 0 Å². The van der Waals surface area contributed by atoms with Gasteiger partial charge in [-0.05, 0) is 43.3 Å². The number of amides is 1. The second kappa shape index (κ2) is 8.38. The Labute approximate surface area is 159 Å². The lowest BCUT2D eigenvalue weighted by molar-refractivity contribution is -0.137. The molecule has 0 radical (unpaired) electrons. The summed E-state index contributed by atoms with van der Waals surface area (Å²) in [4.78, 5) is 11.3. The highest BCUT2D eigenvalue weighted by Gasteiger charge is 2.30. The van der Waals surface area contributed by atoms with Gasteiger partial charge in [-0.25, -0.2) is 13.2 Å². The highest BCUT2D eigenvalue weighted by molar-refractivity contribution is 7.92. The molecule has 2 aromatic carbocycles. The molecule has 2 rings (SSSR count). The van der Waals surface area contributed by atoms with Crippen LogP contribution in [0, 0.1) is 0 Å². The van der Waals surface area contributed by atoms with Crippen molar-refractivity contribution in [3.63, 3.8) is 0 Å². The Kier molecular flexibility index (Phi) is 6.39. The Balaban J connectivity index is 2.34. The normalized spacial score (nSPS) is 11.6. The molecule has 2 N–H and O–H groups in total. The van der Waals surface area contributed by atoms with Gasteiger partial charge in [-0.3, -0.25) is 10.0 Å². The van der Waals surface area contributed by atoms with E-state index in [-0.39, 0.29) is 28.6 Å². The average molecular weight is 418 g/mol. The zero-order valence-corrected chi connectivity index (χ0v) is 15.6. The topological polar surface area (TPSA) is 93.7 Å². The van der Waals surface area contributed by atoms with Crippen molar-refractivity contribution >= 4 is 27.5 Å². The number of rotatable bonds is 6. The van der Waals surface area contributed by atoms with E-state index in [0.717, 1.165) is 18.2 Å². The van der Waals surface area contributed by atoms with E-state index in [2.05, 4.69) is 10.0 Å². The predicted molar refractivity (Wildman–Crippen MR) is 95.9 cm³/mol. The molecule has 0 saturated carbocycles. The van der Waals surface area contributed by atoms with Crippen LogP contribution in [0.2, 0.25) is 0 Å². The van der Waals surface area contributed by atoms with E-state index in [9.17, 15) is 26.4 Å². The molecule has 152 valence electrons. The first-order valence-corrected chi connectivity index (χ1v) is 9.37. The van der Waals surface area contributed by atoms with Crippen LogP contribution in [0.5, 0.6) is 5.75 Å². The highest BCUT2D eigenvalue weighted by atomic mass is 32.2. The lowest BCUT2D eigenvalue weighted by atomic mass is 10.2. The standard InChI is InChI=1S/C17H17F3N2O5S/c1-3-27-16(23)21-14-10-13(7-8-15(14)26-2)28(24,25)22-12-6-4-5-11(9-12)17(18,19)20/h4-10,22H,3H2,1-2H3,(H,21,23). The molecule has 0 saturated heterocycles. The molecule has 0 aliphatic heterocycles. The van der Waals surface area contributed by atoms with Crippen molar-refractivity contribution in [3.8, 4) is 5.75 Å². The Morgan fingerprint density at radius 1 is 1.14 bits per heavy atom. The number of alkyl halides is 3. The van der Waals surface area contributed by atoms with Gasteiger partial charge in [0.2, 0.25) is 0 Å². The Morgan fingerprint density at radius 2 is 1.86 bits per heavy atom. The minimum atomic E-state index is -4.61. The number of halogens is 3. The van der Waals surface area contributed by atoms with E-state index < -0.39 is 27.9 Å². The molecule has 28 heavy (non-hydrogen) atoms. The summed E-state index contributed by atoms with van der Waals surface area (Å²) in [6.45, 7) is 1.69. The van der Waals surface area contributed by atoms with Gasteiger partial charge >= 0.3 is 12.3 Å². The Hall–Kier alpha value is -2.95. The fraction of sp³-hybridized carbons (Fsp3) is 0.235. The first-order chi connectivity index (χ1) is 13.1. The minimum absolute atomic E-state index is 0.0212. The second-order valence-corrected chi connectivity index (χ2v) is 7.07. The van der Waals surface area contributed by atoms with Crippen LogP contribution in [-0.2, 0) is 20.9 Å². The number of sulfonamides is 1. The maximum atomic E-state index is 12.8. The van der Waals surface area contributed by atoms with Crippen LogP contribution in [0.15, 0.2) is 47.4 Å². The average Bonchev–Trinajstić information content (AvgIpc) is 2.61. The molecule has 0 atom stereocenters. The number of hydrogen-bond donors (Lipinski definition) is 2. The summed E-state index contributed by atoms with van der Waals surface area (Å²) in [5, 5.41) is 2.34. The van der Waals surface area contributed by atoms with Crippen molar-refractivity contribution in [2.45, 2.75) is 18.0 Å². The number of anilines is 2. The summed E-state index contributed by atoms with van der Waals surface area (Å²) in [5.41, 5.74) is -1.23. The number of methoxy groups -OCH3 is 1. The summed E-state index contributed by atoms with van der Waals surface area (Å²) < 4.78 is 75.4. The molecule has 2 aromatic rings. The molecule has 0 fully saturated rings. The predicted octanol–water partition coefficient (Wildman–Crippen LogP) is 4.08. The van der Waals surface area contributed by atoms with Crippen LogP contribution in [0.1, 0.15) is 12.5 Å². The fourth-order valence-electron chi connectivity index (χ4n) is 2.20. The molecule has 0 unspecified atom stereocenters. The summed E-state index contributed by atoms with van der Waals surface area (Å²) in [6, 6.07) is 7.36. The van der Waals surface area contributed by atoms with Crippen LogP contribution >= 0.6 is 0 Å². The fourth-order valence-corrected chi connectivity index (χ4v) is 3.28. The van der Waals surface area contributed by atoms with Gasteiger partial charge in [-0.1, -0.05) is 6.07 Å². The molecule has 0 aliphatic rings. The zero-order valence-electron chi connectivity index (χ0n) is 14.8. The van der Waals surface area contributed by atoms with E-state index in [0.29, 0.717) is 6.07 Å². The molecular weight excluding hydrogens is 401 g/mol. The summed E-state index contributed by atoms with van der Waals surface area (Å²) in [7, 11) is -2.92. The third-order valence-corrected chi connectivity index (χ3v) is 4.81. The van der Waals surface area contributed by atoms with Gasteiger partial charge in [-0.2, -0.15) is 13.2 Å². The quantitative estimate of drug-likeness (QED) is 0.737. The lowest BCUT2D eigenvalue weighted by Crippen LogP contribution is -2.16. The second-order valence-electron chi connectivity index (χ2n) is 5.39. The molecule has 11 heteroatoms. The molecule has 0 spiro atoms.